The average molecular weight is 258 g/mol. The standard InChI is InChI=1S/C9H12BrN3O/c1-6(2)12-9(14)13-7-3-4-11-8(10)5-7/h3-6H,1-2H3,(H2,11,12,13,14). The van der Waals surface area contributed by atoms with Crippen LogP contribution in [0.15, 0.2) is 22.9 Å². The number of halogens is 1. The summed E-state index contributed by atoms with van der Waals surface area (Å²) < 4.78 is 0.694. The summed E-state index contributed by atoms with van der Waals surface area (Å²) >= 11 is 3.22. The second-order valence-corrected chi connectivity index (χ2v) is 3.93. The first-order chi connectivity index (χ1) is 6.58. The van der Waals surface area contributed by atoms with Crippen molar-refractivity contribution in [1.29, 1.82) is 0 Å². The van der Waals surface area contributed by atoms with Crippen molar-refractivity contribution in [3.8, 4) is 0 Å². The van der Waals surface area contributed by atoms with Gasteiger partial charge in [0.25, 0.3) is 0 Å². The molecular formula is C9H12BrN3O. The van der Waals surface area contributed by atoms with Crippen molar-refractivity contribution < 1.29 is 4.79 Å². The molecule has 0 aliphatic heterocycles. The monoisotopic (exact) mass is 257 g/mol. The average Bonchev–Trinajstić information content (AvgIpc) is 2.01. The van der Waals surface area contributed by atoms with Gasteiger partial charge in [0.2, 0.25) is 0 Å². The number of hydrogen-bond donors (Lipinski definition) is 2. The molecule has 2 amide bonds. The minimum atomic E-state index is -0.210. The lowest BCUT2D eigenvalue weighted by Crippen LogP contribution is -2.34. The van der Waals surface area contributed by atoms with Crippen molar-refractivity contribution in [2.75, 3.05) is 5.32 Å². The van der Waals surface area contributed by atoms with Gasteiger partial charge in [-0.3, -0.25) is 0 Å². The van der Waals surface area contributed by atoms with E-state index in [1.54, 1.807) is 18.3 Å². The summed E-state index contributed by atoms with van der Waals surface area (Å²) in [6.45, 7) is 3.81. The molecule has 0 aliphatic rings. The largest absolute Gasteiger partial charge is 0.336 e. The first-order valence-electron chi connectivity index (χ1n) is 4.27. The summed E-state index contributed by atoms with van der Waals surface area (Å²) in [5, 5.41) is 5.42. The summed E-state index contributed by atoms with van der Waals surface area (Å²) in [5.41, 5.74) is 0.713. The van der Waals surface area contributed by atoms with Crippen molar-refractivity contribution in [2.45, 2.75) is 19.9 Å². The smallest absolute Gasteiger partial charge is 0.319 e. The summed E-state index contributed by atoms with van der Waals surface area (Å²) in [7, 11) is 0. The first-order valence-corrected chi connectivity index (χ1v) is 5.06. The number of nitrogens with zero attached hydrogens (tertiary/aromatic N) is 1. The highest BCUT2D eigenvalue weighted by Gasteiger charge is 2.02. The molecular weight excluding hydrogens is 246 g/mol. The van der Waals surface area contributed by atoms with E-state index in [4.69, 9.17) is 0 Å². The molecule has 0 saturated carbocycles. The van der Waals surface area contributed by atoms with Crippen LogP contribution in [0.25, 0.3) is 0 Å². The van der Waals surface area contributed by atoms with Crippen molar-refractivity contribution in [3.05, 3.63) is 22.9 Å². The Morgan fingerprint density at radius 1 is 1.57 bits per heavy atom. The van der Waals surface area contributed by atoms with Gasteiger partial charge < -0.3 is 10.6 Å². The molecule has 0 unspecified atom stereocenters. The summed E-state index contributed by atoms with van der Waals surface area (Å²) in [6, 6.07) is 3.38. The van der Waals surface area contributed by atoms with Gasteiger partial charge in [0.15, 0.2) is 0 Å². The molecule has 1 heterocycles. The van der Waals surface area contributed by atoms with Crippen LogP contribution in [0.3, 0.4) is 0 Å². The molecule has 1 aromatic rings. The number of aromatic nitrogens is 1. The molecule has 0 atom stereocenters. The second-order valence-electron chi connectivity index (χ2n) is 3.12. The fraction of sp³-hybridized carbons (Fsp3) is 0.333. The molecule has 5 heteroatoms. The Morgan fingerprint density at radius 2 is 2.29 bits per heavy atom. The Kier molecular flexibility index (Phi) is 3.88. The third-order valence-corrected chi connectivity index (χ3v) is 1.84. The molecule has 0 saturated heterocycles. The van der Waals surface area contributed by atoms with Crippen LogP contribution in [-0.2, 0) is 0 Å². The van der Waals surface area contributed by atoms with E-state index >= 15 is 0 Å². The van der Waals surface area contributed by atoms with E-state index in [2.05, 4.69) is 31.5 Å². The predicted molar refractivity (Wildman–Crippen MR) is 59.2 cm³/mol. The minimum absolute atomic E-state index is 0.125. The van der Waals surface area contributed by atoms with E-state index in [0.717, 1.165) is 0 Å². The number of carbonyl (C=O) groups excluding carboxylic acids is 1. The molecule has 1 rings (SSSR count). The molecule has 1 aromatic heterocycles. The Bertz CT molecular complexity index is 328. The summed E-state index contributed by atoms with van der Waals surface area (Å²) in [4.78, 5) is 15.2. The summed E-state index contributed by atoms with van der Waals surface area (Å²) in [5.74, 6) is 0. The highest BCUT2D eigenvalue weighted by Crippen LogP contribution is 2.12. The summed E-state index contributed by atoms with van der Waals surface area (Å²) in [6.07, 6.45) is 1.62. The van der Waals surface area contributed by atoms with E-state index in [9.17, 15) is 4.79 Å². The molecule has 14 heavy (non-hydrogen) atoms. The van der Waals surface area contributed by atoms with Crippen molar-refractivity contribution in [1.82, 2.24) is 10.3 Å². The third kappa shape index (κ3) is 3.74. The SMILES string of the molecule is CC(C)NC(=O)Nc1ccnc(Br)c1. The van der Waals surface area contributed by atoms with Gasteiger partial charge >= 0.3 is 6.03 Å². The van der Waals surface area contributed by atoms with E-state index in [1.807, 2.05) is 13.8 Å². The molecule has 4 nitrogen and oxygen atoms in total. The van der Waals surface area contributed by atoms with Crippen LogP contribution in [0.5, 0.6) is 0 Å². The highest BCUT2D eigenvalue weighted by atomic mass is 79.9. The Hall–Kier alpha value is -1.10. The van der Waals surface area contributed by atoms with E-state index in [1.165, 1.54) is 0 Å². The lowest BCUT2D eigenvalue weighted by atomic mass is 10.4. The lowest BCUT2D eigenvalue weighted by Gasteiger charge is -2.09. The fourth-order valence-electron chi connectivity index (χ4n) is 0.910. The van der Waals surface area contributed by atoms with Gasteiger partial charge in [0, 0.05) is 17.9 Å². The van der Waals surface area contributed by atoms with Crippen molar-refractivity contribution in [3.63, 3.8) is 0 Å². The molecule has 0 aromatic carbocycles. The Morgan fingerprint density at radius 3 is 2.86 bits per heavy atom. The Labute approximate surface area is 91.2 Å². The number of pyridine rings is 1. The number of urea groups is 1. The van der Waals surface area contributed by atoms with E-state index in [-0.39, 0.29) is 12.1 Å². The van der Waals surface area contributed by atoms with Gasteiger partial charge in [-0.15, -0.1) is 0 Å². The predicted octanol–water partition coefficient (Wildman–Crippen LogP) is 2.37. The van der Waals surface area contributed by atoms with Crippen LogP contribution < -0.4 is 10.6 Å². The molecule has 0 fully saturated rings. The van der Waals surface area contributed by atoms with Crippen LogP contribution in [0.1, 0.15) is 13.8 Å². The van der Waals surface area contributed by atoms with Crippen LogP contribution in [0, 0.1) is 0 Å². The molecule has 2 N–H and O–H groups in total. The van der Waals surface area contributed by atoms with Gasteiger partial charge in [0.1, 0.15) is 4.60 Å². The van der Waals surface area contributed by atoms with Gasteiger partial charge in [-0.2, -0.15) is 0 Å². The number of hydrogen-bond acceptors (Lipinski definition) is 2. The van der Waals surface area contributed by atoms with E-state index < -0.39 is 0 Å². The zero-order valence-electron chi connectivity index (χ0n) is 8.04. The highest BCUT2D eigenvalue weighted by molar-refractivity contribution is 9.10. The van der Waals surface area contributed by atoms with Gasteiger partial charge in [-0.05, 0) is 41.9 Å². The zero-order chi connectivity index (χ0) is 10.6. The number of rotatable bonds is 2. The topological polar surface area (TPSA) is 54.0 Å². The Balaban J connectivity index is 2.56. The van der Waals surface area contributed by atoms with Crippen molar-refractivity contribution in [2.24, 2.45) is 0 Å². The van der Waals surface area contributed by atoms with Gasteiger partial charge in [-0.1, -0.05) is 0 Å². The molecule has 0 radical (unpaired) electrons. The second kappa shape index (κ2) is 4.95. The van der Waals surface area contributed by atoms with Crippen LogP contribution >= 0.6 is 15.9 Å². The normalized spacial score (nSPS) is 10.0. The molecule has 76 valence electrons. The first kappa shape index (κ1) is 11.0. The van der Waals surface area contributed by atoms with E-state index in [0.29, 0.717) is 10.3 Å². The lowest BCUT2D eigenvalue weighted by molar-refractivity contribution is 0.250. The van der Waals surface area contributed by atoms with Crippen molar-refractivity contribution >= 4 is 27.6 Å². The fourth-order valence-corrected chi connectivity index (χ4v) is 1.27. The third-order valence-electron chi connectivity index (χ3n) is 1.40. The molecule has 0 spiro atoms. The van der Waals surface area contributed by atoms with Gasteiger partial charge in [0.05, 0.1) is 0 Å². The number of carbonyl (C=O) groups is 1. The number of nitrogens with one attached hydrogen (secondary N) is 2. The van der Waals surface area contributed by atoms with Gasteiger partial charge in [-0.25, -0.2) is 9.78 Å². The number of anilines is 1. The number of amides is 2. The van der Waals surface area contributed by atoms with Crippen LogP contribution in [0.2, 0.25) is 0 Å². The molecule has 0 aliphatic carbocycles. The maximum absolute atomic E-state index is 11.3. The quantitative estimate of drug-likeness (QED) is 0.800. The van der Waals surface area contributed by atoms with Crippen LogP contribution in [-0.4, -0.2) is 17.1 Å². The minimum Gasteiger partial charge on any atom is -0.336 e. The molecule has 0 bridgehead atoms. The zero-order valence-corrected chi connectivity index (χ0v) is 9.63. The maximum atomic E-state index is 11.3. The maximum Gasteiger partial charge on any atom is 0.319 e. The van der Waals surface area contributed by atoms with Crippen LogP contribution in [0.4, 0.5) is 10.5 Å².